The van der Waals surface area contributed by atoms with Gasteiger partial charge in [0.2, 0.25) is 5.91 Å². The van der Waals surface area contributed by atoms with Crippen molar-refractivity contribution in [3.8, 4) is 5.75 Å². The minimum absolute atomic E-state index is 0.125. The molecule has 31 heavy (non-hydrogen) atoms. The summed E-state index contributed by atoms with van der Waals surface area (Å²) in [6.07, 6.45) is -0.517. The molecule has 0 radical (unpaired) electrons. The van der Waals surface area contributed by atoms with Crippen LogP contribution >= 0.6 is 0 Å². The third-order valence-electron chi connectivity index (χ3n) is 4.79. The summed E-state index contributed by atoms with van der Waals surface area (Å²) in [5.74, 6) is -3.27. The molecule has 1 heterocycles. The molecule has 0 aromatic heterocycles. The molecule has 1 unspecified atom stereocenters. The van der Waals surface area contributed by atoms with Crippen molar-refractivity contribution in [1.82, 2.24) is 10.2 Å². The Morgan fingerprint density at radius 1 is 1.26 bits per heavy atom. The number of carbonyl (C=O) groups is 2. The minimum Gasteiger partial charge on any atom is -0.492 e. The molecule has 9 heteroatoms. The van der Waals surface area contributed by atoms with Crippen molar-refractivity contribution < 1.29 is 32.6 Å². The lowest BCUT2D eigenvalue weighted by molar-refractivity contribution is -0.126. The van der Waals surface area contributed by atoms with Gasteiger partial charge >= 0.3 is 0 Å². The van der Waals surface area contributed by atoms with Gasteiger partial charge in [0.05, 0.1) is 18.6 Å². The fourth-order valence-corrected chi connectivity index (χ4v) is 3.32. The van der Waals surface area contributed by atoms with Crippen molar-refractivity contribution in [3.05, 3.63) is 66.0 Å². The molecular weight excluding hydrogens is 413 g/mol. The van der Waals surface area contributed by atoms with Crippen LogP contribution in [0.3, 0.4) is 0 Å². The van der Waals surface area contributed by atoms with Crippen LogP contribution in [0.2, 0.25) is 0 Å². The molecule has 1 aliphatic rings. The summed E-state index contributed by atoms with van der Waals surface area (Å²) < 4.78 is 46.3. The summed E-state index contributed by atoms with van der Waals surface area (Å²) in [7, 11) is 0. The van der Waals surface area contributed by atoms with E-state index in [0.717, 1.165) is 5.56 Å². The van der Waals surface area contributed by atoms with E-state index in [0.29, 0.717) is 5.75 Å². The zero-order valence-corrected chi connectivity index (χ0v) is 17.0. The Labute approximate surface area is 178 Å². The fourth-order valence-electron chi connectivity index (χ4n) is 3.32. The molecule has 0 spiro atoms. The van der Waals surface area contributed by atoms with E-state index in [1.54, 1.807) is 0 Å². The fraction of sp³-hybridized carbons (Fsp3) is 0.364. The second-order valence-electron chi connectivity index (χ2n) is 7.10. The number of nitrogens with one attached hydrogen (secondary N) is 1. The predicted molar refractivity (Wildman–Crippen MR) is 109 cm³/mol. The number of ether oxygens (including phenoxy) is 1. The number of likely N-dealkylation sites (tertiary alicyclic amines) is 1. The van der Waals surface area contributed by atoms with Crippen molar-refractivity contribution >= 4 is 12.4 Å². The topological polar surface area (TPSA) is 78.9 Å². The zero-order chi connectivity index (χ0) is 22.9. The van der Waals surface area contributed by atoms with Gasteiger partial charge in [0.25, 0.3) is 12.4 Å². The summed E-state index contributed by atoms with van der Waals surface area (Å²) in [5.41, 5.74) is 0.909. The number of halogens is 3. The maximum Gasteiger partial charge on any atom is 0.290 e. The standard InChI is InChI=1S/C21H23F3N2O2.CH2O2/c1-15(16-5-3-2-4-6-16)25-20(27)19-13-21(23,24)14-26(19)11-12-28-18-9-7-17(22)8-10-18;2-1-3/h2-10,15,19H,11-14H2,1H3,(H,25,27);1H,(H,2,3)/t15?,19-;/m1./s1. The van der Waals surface area contributed by atoms with Crippen LogP contribution in [0.1, 0.15) is 24.9 Å². The van der Waals surface area contributed by atoms with Crippen LogP contribution in [-0.2, 0) is 9.59 Å². The highest BCUT2D eigenvalue weighted by Crippen LogP contribution is 2.32. The van der Waals surface area contributed by atoms with Crippen LogP contribution in [0.4, 0.5) is 13.2 Å². The molecule has 0 bridgehead atoms. The van der Waals surface area contributed by atoms with Crippen LogP contribution in [-0.4, -0.2) is 54.0 Å². The highest BCUT2D eigenvalue weighted by molar-refractivity contribution is 5.82. The van der Waals surface area contributed by atoms with Crippen LogP contribution in [0.15, 0.2) is 54.6 Å². The highest BCUT2D eigenvalue weighted by atomic mass is 19.3. The molecule has 0 aliphatic carbocycles. The van der Waals surface area contributed by atoms with Gasteiger partial charge in [-0.15, -0.1) is 0 Å². The number of rotatable bonds is 7. The van der Waals surface area contributed by atoms with Crippen LogP contribution in [0.5, 0.6) is 5.75 Å². The van der Waals surface area contributed by atoms with Crippen molar-refractivity contribution in [2.24, 2.45) is 0 Å². The first-order chi connectivity index (χ1) is 14.8. The Morgan fingerprint density at radius 3 is 2.48 bits per heavy atom. The molecule has 2 aromatic carbocycles. The van der Waals surface area contributed by atoms with Crippen molar-refractivity contribution in [2.45, 2.75) is 31.4 Å². The molecule has 2 atom stereocenters. The van der Waals surface area contributed by atoms with E-state index in [4.69, 9.17) is 14.6 Å². The smallest absolute Gasteiger partial charge is 0.290 e. The lowest BCUT2D eigenvalue weighted by atomic mass is 10.1. The van der Waals surface area contributed by atoms with Crippen LogP contribution in [0.25, 0.3) is 0 Å². The monoisotopic (exact) mass is 438 g/mol. The molecular formula is C22H25F3N2O4. The number of amides is 1. The Balaban J connectivity index is 0.00000107. The highest BCUT2D eigenvalue weighted by Gasteiger charge is 2.47. The SMILES string of the molecule is CC(NC(=O)[C@H]1CC(F)(F)CN1CCOc1ccc(F)cc1)c1ccccc1.O=CO. The average Bonchev–Trinajstić information content (AvgIpc) is 3.05. The van der Waals surface area contributed by atoms with Crippen molar-refractivity contribution in [2.75, 3.05) is 19.7 Å². The number of carboxylic acid groups (broad SMARTS) is 1. The number of alkyl halides is 2. The van der Waals surface area contributed by atoms with E-state index in [2.05, 4.69) is 5.32 Å². The molecule has 1 saturated heterocycles. The first kappa shape index (κ1) is 24.2. The molecule has 2 N–H and O–H groups in total. The van der Waals surface area contributed by atoms with E-state index in [9.17, 15) is 18.0 Å². The van der Waals surface area contributed by atoms with Gasteiger partial charge in [0, 0.05) is 13.0 Å². The lowest BCUT2D eigenvalue weighted by Crippen LogP contribution is -2.45. The van der Waals surface area contributed by atoms with E-state index in [1.165, 1.54) is 29.2 Å². The average molecular weight is 438 g/mol. The number of carbonyl (C=O) groups excluding carboxylic acids is 1. The predicted octanol–water partition coefficient (Wildman–Crippen LogP) is 3.49. The third kappa shape index (κ3) is 7.60. The molecule has 1 amide bonds. The van der Waals surface area contributed by atoms with Gasteiger partial charge in [-0.2, -0.15) is 0 Å². The maximum absolute atomic E-state index is 14.0. The third-order valence-corrected chi connectivity index (χ3v) is 4.79. The van der Waals surface area contributed by atoms with Gasteiger partial charge in [-0.1, -0.05) is 30.3 Å². The van der Waals surface area contributed by atoms with Gasteiger partial charge in [0.1, 0.15) is 18.2 Å². The summed E-state index contributed by atoms with van der Waals surface area (Å²) >= 11 is 0. The first-order valence-corrected chi connectivity index (χ1v) is 9.69. The van der Waals surface area contributed by atoms with Gasteiger partial charge < -0.3 is 15.2 Å². The molecule has 1 fully saturated rings. The Morgan fingerprint density at radius 2 is 1.87 bits per heavy atom. The molecule has 3 rings (SSSR count). The second-order valence-corrected chi connectivity index (χ2v) is 7.10. The first-order valence-electron chi connectivity index (χ1n) is 9.69. The molecule has 0 saturated carbocycles. The Hall–Kier alpha value is -3.07. The Kier molecular flexibility index (Phi) is 8.87. The van der Waals surface area contributed by atoms with Crippen molar-refractivity contribution in [1.29, 1.82) is 0 Å². The van der Waals surface area contributed by atoms with E-state index in [1.807, 2.05) is 37.3 Å². The molecule has 1 aliphatic heterocycles. The largest absolute Gasteiger partial charge is 0.492 e. The lowest BCUT2D eigenvalue weighted by Gasteiger charge is -2.24. The summed E-state index contributed by atoms with van der Waals surface area (Å²) in [6.45, 7) is 1.38. The van der Waals surface area contributed by atoms with E-state index >= 15 is 0 Å². The number of hydrogen-bond acceptors (Lipinski definition) is 4. The maximum atomic E-state index is 14.0. The summed E-state index contributed by atoms with van der Waals surface area (Å²) in [4.78, 5) is 22.4. The Bertz CT molecular complexity index is 834. The minimum atomic E-state index is -2.92. The second kappa shape index (κ2) is 11.4. The van der Waals surface area contributed by atoms with E-state index < -0.39 is 30.8 Å². The summed E-state index contributed by atoms with van der Waals surface area (Å²) in [6, 6.07) is 13.6. The van der Waals surface area contributed by atoms with Crippen molar-refractivity contribution in [3.63, 3.8) is 0 Å². The summed E-state index contributed by atoms with van der Waals surface area (Å²) in [5, 5.41) is 9.71. The number of nitrogens with zero attached hydrogens (tertiary/aromatic N) is 1. The quantitative estimate of drug-likeness (QED) is 0.647. The van der Waals surface area contributed by atoms with Crippen LogP contribution in [0, 0.1) is 5.82 Å². The zero-order valence-electron chi connectivity index (χ0n) is 17.0. The molecule has 168 valence electrons. The van der Waals surface area contributed by atoms with Gasteiger partial charge in [0.15, 0.2) is 0 Å². The molecule has 2 aromatic rings. The number of hydrogen-bond donors (Lipinski definition) is 2. The van der Waals surface area contributed by atoms with Gasteiger partial charge in [-0.25, -0.2) is 13.2 Å². The van der Waals surface area contributed by atoms with Gasteiger partial charge in [-0.3, -0.25) is 14.5 Å². The molecule has 6 nitrogen and oxygen atoms in total. The van der Waals surface area contributed by atoms with Crippen LogP contribution < -0.4 is 10.1 Å². The van der Waals surface area contributed by atoms with Gasteiger partial charge in [-0.05, 0) is 36.8 Å². The number of benzene rings is 2. The normalized spacial score (nSPS) is 18.4. The van der Waals surface area contributed by atoms with E-state index in [-0.39, 0.29) is 31.5 Å².